The Kier molecular flexibility index (Phi) is 4.05. The van der Waals surface area contributed by atoms with Gasteiger partial charge in [-0.05, 0) is 47.4 Å². The number of hydrogen-bond donors (Lipinski definition) is 0. The Morgan fingerprint density at radius 1 is 1.50 bits per heavy atom. The van der Waals surface area contributed by atoms with E-state index in [1.54, 1.807) is 0 Å². The van der Waals surface area contributed by atoms with Crippen molar-refractivity contribution in [3.05, 3.63) is 20.8 Å². The van der Waals surface area contributed by atoms with Gasteiger partial charge in [0.1, 0.15) is 0 Å². The van der Waals surface area contributed by atoms with Gasteiger partial charge in [-0.15, -0.1) is 11.3 Å². The molecule has 1 aliphatic heterocycles. The molecule has 0 bridgehead atoms. The van der Waals surface area contributed by atoms with Crippen molar-refractivity contribution in [1.82, 2.24) is 4.90 Å². The number of thiophene rings is 1. The van der Waals surface area contributed by atoms with Gasteiger partial charge in [0.2, 0.25) is 0 Å². The fraction of sp³-hybridized carbons (Fsp3) is 0.600. The molecular formula is C10H13Br2NS. The second kappa shape index (κ2) is 5.10. The van der Waals surface area contributed by atoms with E-state index in [0.717, 1.165) is 17.9 Å². The third-order valence-corrected chi connectivity index (χ3v) is 5.02. The van der Waals surface area contributed by atoms with Crippen LogP contribution in [0.5, 0.6) is 0 Å². The summed E-state index contributed by atoms with van der Waals surface area (Å²) in [6.45, 7) is 2.37. The quantitative estimate of drug-likeness (QED) is 0.756. The molecule has 0 aliphatic carbocycles. The first kappa shape index (κ1) is 11.1. The largest absolute Gasteiger partial charge is 0.294 e. The average molecular weight is 339 g/mol. The molecule has 1 saturated heterocycles. The number of halogens is 2. The molecule has 0 spiro atoms. The topological polar surface area (TPSA) is 3.24 Å². The molecule has 1 atom stereocenters. The lowest BCUT2D eigenvalue weighted by atomic mass is 10.2. The highest BCUT2D eigenvalue weighted by atomic mass is 79.9. The van der Waals surface area contributed by atoms with Gasteiger partial charge in [0, 0.05) is 22.8 Å². The van der Waals surface area contributed by atoms with E-state index in [1.165, 1.54) is 28.0 Å². The van der Waals surface area contributed by atoms with Crippen molar-refractivity contribution in [3.63, 3.8) is 0 Å². The zero-order valence-corrected chi connectivity index (χ0v) is 11.9. The standard InChI is InChI=1S/C10H13Br2NS/c11-6-8-2-1-5-13(8)7-9-3-4-10(12)14-9/h3-4,8H,1-2,5-7H2. The molecule has 0 aromatic carbocycles. The van der Waals surface area contributed by atoms with Crippen LogP contribution in [0.1, 0.15) is 17.7 Å². The lowest BCUT2D eigenvalue weighted by molar-refractivity contribution is 0.267. The maximum absolute atomic E-state index is 3.59. The summed E-state index contributed by atoms with van der Waals surface area (Å²) in [5, 5.41) is 1.11. The summed E-state index contributed by atoms with van der Waals surface area (Å²) in [7, 11) is 0. The Labute approximate surface area is 106 Å². The zero-order chi connectivity index (χ0) is 9.97. The first-order valence-corrected chi connectivity index (χ1v) is 7.57. The van der Waals surface area contributed by atoms with Gasteiger partial charge in [0.25, 0.3) is 0 Å². The number of likely N-dealkylation sites (tertiary alicyclic amines) is 1. The number of rotatable bonds is 3. The SMILES string of the molecule is BrCC1CCCN1Cc1ccc(Br)s1. The molecule has 0 amide bonds. The normalized spacial score (nSPS) is 23.1. The lowest BCUT2D eigenvalue weighted by Crippen LogP contribution is -2.29. The van der Waals surface area contributed by atoms with Crippen LogP contribution in [0.25, 0.3) is 0 Å². The number of alkyl halides is 1. The van der Waals surface area contributed by atoms with Crippen LogP contribution in [0.2, 0.25) is 0 Å². The van der Waals surface area contributed by atoms with Crippen LogP contribution in [0.15, 0.2) is 15.9 Å². The molecule has 1 nitrogen and oxygen atoms in total. The van der Waals surface area contributed by atoms with Crippen LogP contribution in [-0.4, -0.2) is 22.8 Å². The third-order valence-electron chi connectivity index (χ3n) is 2.66. The van der Waals surface area contributed by atoms with Crippen molar-refractivity contribution in [3.8, 4) is 0 Å². The van der Waals surface area contributed by atoms with Crippen molar-refractivity contribution in [2.45, 2.75) is 25.4 Å². The highest BCUT2D eigenvalue weighted by Gasteiger charge is 2.23. The summed E-state index contributed by atoms with van der Waals surface area (Å²) >= 11 is 8.94. The van der Waals surface area contributed by atoms with Crippen molar-refractivity contribution in [2.24, 2.45) is 0 Å². The van der Waals surface area contributed by atoms with Crippen LogP contribution in [-0.2, 0) is 6.54 Å². The molecule has 1 fully saturated rings. The van der Waals surface area contributed by atoms with Gasteiger partial charge < -0.3 is 0 Å². The average Bonchev–Trinajstić information content (AvgIpc) is 2.76. The highest BCUT2D eigenvalue weighted by Crippen LogP contribution is 2.27. The molecule has 2 heterocycles. The monoisotopic (exact) mass is 337 g/mol. The van der Waals surface area contributed by atoms with E-state index in [2.05, 4.69) is 48.9 Å². The van der Waals surface area contributed by atoms with Crippen molar-refractivity contribution < 1.29 is 0 Å². The van der Waals surface area contributed by atoms with Gasteiger partial charge in [-0.1, -0.05) is 15.9 Å². The Balaban J connectivity index is 1.96. The van der Waals surface area contributed by atoms with Gasteiger partial charge >= 0.3 is 0 Å². The smallest absolute Gasteiger partial charge is 0.0701 e. The van der Waals surface area contributed by atoms with E-state index < -0.39 is 0 Å². The first-order valence-electron chi connectivity index (χ1n) is 4.84. The van der Waals surface area contributed by atoms with E-state index in [0.29, 0.717) is 0 Å². The molecular weight excluding hydrogens is 326 g/mol. The summed E-state index contributed by atoms with van der Waals surface area (Å²) < 4.78 is 1.24. The Morgan fingerprint density at radius 2 is 2.36 bits per heavy atom. The predicted molar refractivity (Wildman–Crippen MR) is 69.2 cm³/mol. The Bertz CT molecular complexity index is 300. The molecule has 1 unspecified atom stereocenters. The van der Waals surface area contributed by atoms with E-state index in [1.807, 2.05) is 11.3 Å². The molecule has 1 aliphatic rings. The second-order valence-corrected chi connectivity index (χ2v) is 6.82. The first-order chi connectivity index (χ1) is 6.79. The summed E-state index contributed by atoms with van der Waals surface area (Å²) in [4.78, 5) is 4.04. The molecule has 0 N–H and O–H groups in total. The Hall–Kier alpha value is 0.620. The van der Waals surface area contributed by atoms with Crippen molar-refractivity contribution in [2.75, 3.05) is 11.9 Å². The van der Waals surface area contributed by atoms with Gasteiger partial charge in [0.05, 0.1) is 3.79 Å². The minimum Gasteiger partial charge on any atom is -0.294 e. The molecule has 4 heteroatoms. The third kappa shape index (κ3) is 2.60. The minimum absolute atomic E-state index is 0.746. The van der Waals surface area contributed by atoms with Gasteiger partial charge in [-0.3, -0.25) is 4.90 Å². The summed E-state index contributed by atoms with van der Waals surface area (Å²) in [5.74, 6) is 0. The molecule has 0 radical (unpaired) electrons. The summed E-state index contributed by atoms with van der Waals surface area (Å²) in [6, 6.07) is 5.10. The summed E-state index contributed by atoms with van der Waals surface area (Å²) in [6.07, 6.45) is 2.70. The fourth-order valence-corrected chi connectivity index (χ4v) is 4.16. The fourth-order valence-electron chi connectivity index (χ4n) is 1.91. The number of hydrogen-bond acceptors (Lipinski definition) is 2. The van der Waals surface area contributed by atoms with Crippen LogP contribution in [0.4, 0.5) is 0 Å². The Morgan fingerprint density at radius 3 is 3.00 bits per heavy atom. The minimum atomic E-state index is 0.746. The highest BCUT2D eigenvalue weighted by molar-refractivity contribution is 9.11. The molecule has 1 aromatic heterocycles. The lowest BCUT2D eigenvalue weighted by Gasteiger charge is -2.21. The van der Waals surface area contributed by atoms with Crippen LogP contribution in [0.3, 0.4) is 0 Å². The van der Waals surface area contributed by atoms with Crippen LogP contribution >= 0.6 is 43.2 Å². The van der Waals surface area contributed by atoms with Crippen LogP contribution < -0.4 is 0 Å². The zero-order valence-electron chi connectivity index (χ0n) is 7.88. The molecule has 1 aromatic rings. The maximum Gasteiger partial charge on any atom is 0.0701 e. The van der Waals surface area contributed by atoms with E-state index in [9.17, 15) is 0 Å². The number of nitrogens with zero attached hydrogens (tertiary/aromatic N) is 1. The van der Waals surface area contributed by atoms with Gasteiger partial charge in [-0.25, -0.2) is 0 Å². The van der Waals surface area contributed by atoms with Gasteiger partial charge in [-0.2, -0.15) is 0 Å². The maximum atomic E-state index is 3.59. The molecule has 0 saturated carbocycles. The molecule has 78 valence electrons. The van der Waals surface area contributed by atoms with E-state index in [4.69, 9.17) is 0 Å². The van der Waals surface area contributed by atoms with Crippen LogP contribution in [0, 0.1) is 0 Å². The molecule has 14 heavy (non-hydrogen) atoms. The summed E-state index contributed by atoms with van der Waals surface area (Å²) in [5.41, 5.74) is 0. The van der Waals surface area contributed by atoms with Crippen molar-refractivity contribution >= 4 is 43.2 Å². The second-order valence-electron chi connectivity index (χ2n) is 3.63. The van der Waals surface area contributed by atoms with Crippen molar-refractivity contribution in [1.29, 1.82) is 0 Å². The van der Waals surface area contributed by atoms with E-state index in [-0.39, 0.29) is 0 Å². The van der Waals surface area contributed by atoms with Gasteiger partial charge in [0.15, 0.2) is 0 Å². The van der Waals surface area contributed by atoms with E-state index >= 15 is 0 Å². The predicted octanol–water partition coefficient (Wildman–Crippen LogP) is 3.87. The molecule has 2 rings (SSSR count).